The van der Waals surface area contributed by atoms with Crippen molar-refractivity contribution in [2.75, 3.05) is 0 Å². The molecule has 0 fully saturated rings. The van der Waals surface area contributed by atoms with Crippen LogP contribution in [0.25, 0.3) is 11.1 Å². The zero-order chi connectivity index (χ0) is 21.3. The zero-order valence-corrected chi connectivity index (χ0v) is 18.3. The van der Waals surface area contributed by atoms with Gasteiger partial charge >= 0.3 is 0 Å². The van der Waals surface area contributed by atoms with Crippen molar-refractivity contribution in [2.45, 2.75) is 51.9 Å². The lowest BCUT2D eigenvalue weighted by atomic mass is 9.80. The second-order valence-corrected chi connectivity index (χ2v) is 8.27. The predicted octanol–water partition coefficient (Wildman–Crippen LogP) is 8.59. The van der Waals surface area contributed by atoms with E-state index in [9.17, 15) is 4.39 Å². The van der Waals surface area contributed by atoms with Crippen LogP contribution in [-0.4, -0.2) is 0 Å². The minimum atomic E-state index is -0.158. The molecule has 2 atom stereocenters. The Labute approximate surface area is 181 Å². The molecule has 0 radical (unpaired) electrons. The van der Waals surface area contributed by atoms with Crippen LogP contribution in [0.3, 0.4) is 0 Å². The third kappa shape index (κ3) is 5.69. The molecule has 0 saturated carbocycles. The second-order valence-electron chi connectivity index (χ2n) is 8.27. The van der Waals surface area contributed by atoms with Crippen LogP contribution in [-0.2, 0) is 6.42 Å². The van der Waals surface area contributed by atoms with Crippen molar-refractivity contribution in [1.29, 1.82) is 0 Å². The van der Waals surface area contributed by atoms with Gasteiger partial charge in [0.25, 0.3) is 0 Å². The van der Waals surface area contributed by atoms with E-state index in [4.69, 9.17) is 0 Å². The van der Waals surface area contributed by atoms with E-state index < -0.39 is 0 Å². The number of benzene rings is 3. The molecule has 2 unspecified atom stereocenters. The summed E-state index contributed by atoms with van der Waals surface area (Å²) in [6.45, 7) is 8.86. The van der Waals surface area contributed by atoms with Crippen LogP contribution in [0.4, 0.5) is 4.39 Å². The molecule has 0 aliphatic heterocycles. The molecule has 0 amide bonds. The quantitative estimate of drug-likeness (QED) is 0.299. The first-order chi connectivity index (χ1) is 14.6. The van der Waals surface area contributed by atoms with Gasteiger partial charge in [-0.05, 0) is 54.4 Å². The lowest BCUT2D eigenvalue weighted by molar-refractivity contribution is 0.471. The molecule has 3 aromatic carbocycles. The number of rotatable bonds is 10. The number of hydrogen-bond donors (Lipinski definition) is 0. The van der Waals surface area contributed by atoms with Crippen molar-refractivity contribution >= 4 is 0 Å². The molecule has 0 bridgehead atoms. The standard InChI is InChI=1S/C29H33F/c1-4-12-25(18-11-15-24-13-7-5-8-14-24)22(2)23(3)27-19-20-28(29(30)21-27)26-16-9-6-10-17-26/h5-10,13-14,16-17,19-21,23,25H,2,4,11-12,15,18H2,1,3H3. The van der Waals surface area contributed by atoms with Gasteiger partial charge in [-0.2, -0.15) is 0 Å². The minimum Gasteiger partial charge on any atom is -0.206 e. The molecular weight excluding hydrogens is 367 g/mol. The summed E-state index contributed by atoms with van der Waals surface area (Å²) in [4.78, 5) is 0. The molecule has 0 aromatic heterocycles. The van der Waals surface area contributed by atoms with Gasteiger partial charge in [0.15, 0.2) is 0 Å². The molecule has 156 valence electrons. The van der Waals surface area contributed by atoms with Crippen LogP contribution in [0.15, 0.2) is 91.0 Å². The summed E-state index contributed by atoms with van der Waals surface area (Å²) in [7, 11) is 0. The molecule has 0 N–H and O–H groups in total. The van der Waals surface area contributed by atoms with Gasteiger partial charge in [-0.1, -0.05) is 105 Å². The first-order valence-electron chi connectivity index (χ1n) is 11.2. The summed E-state index contributed by atoms with van der Waals surface area (Å²) in [6, 6.07) is 26.1. The zero-order valence-electron chi connectivity index (χ0n) is 18.3. The maximum Gasteiger partial charge on any atom is 0.131 e. The Balaban J connectivity index is 1.67. The molecule has 0 heterocycles. The van der Waals surface area contributed by atoms with E-state index in [1.165, 1.54) is 11.1 Å². The van der Waals surface area contributed by atoms with Crippen molar-refractivity contribution < 1.29 is 4.39 Å². The monoisotopic (exact) mass is 400 g/mol. The minimum absolute atomic E-state index is 0.151. The average molecular weight is 401 g/mol. The number of halogens is 1. The Hall–Kier alpha value is -2.67. The van der Waals surface area contributed by atoms with Gasteiger partial charge in [-0.15, -0.1) is 0 Å². The van der Waals surface area contributed by atoms with Crippen molar-refractivity contribution in [3.05, 3.63) is 108 Å². The summed E-state index contributed by atoms with van der Waals surface area (Å²) >= 11 is 0. The average Bonchev–Trinajstić information content (AvgIpc) is 2.78. The van der Waals surface area contributed by atoms with Crippen LogP contribution >= 0.6 is 0 Å². The fourth-order valence-electron chi connectivity index (χ4n) is 4.28. The molecule has 0 aliphatic rings. The summed E-state index contributed by atoms with van der Waals surface area (Å²) in [5.74, 6) is 0.470. The third-order valence-corrected chi connectivity index (χ3v) is 6.16. The first kappa shape index (κ1) is 22.0. The first-order valence-corrected chi connectivity index (χ1v) is 11.2. The van der Waals surface area contributed by atoms with E-state index in [-0.39, 0.29) is 11.7 Å². The molecule has 0 spiro atoms. The molecule has 30 heavy (non-hydrogen) atoms. The van der Waals surface area contributed by atoms with Crippen molar-refractivity contribution in [1.82, 2.24) is 0 Å². The highest BCUT2D eigenvalue weighted by atomic mass is 19.1. The van der Waals surface area contributed by atoms with E-state index in [1.807, 2.05) is 36.4 Å². The molecule has 1 heteroatoms. The molecule has 0 nitrogen and oxygen atoms in total. The Morgan fingerprint density at radius 3 is 2.20 bits per heavy atom. The maximum atomic E-state index is 14.9. The van der Waals surface area contributed by atoms with E-state index in [1.54, 1.807) is 6.07 Å². The Morgan fingerprint density at radius 2 is 1.57 bits per heavy atom. The van der Waals surface area contributed by atoms with Gasteiger partial charge in [0.1, 0.15) is 5.82 Å². The van der Waals surface area contributed by atoms with Gasteiger partial charge < -0.3 is 0 Å². The van der Waals surface area contributed by atoms with Gasteiger partial charge in [-0.25, -0.2) is 4.39 Å². The largest absolute Gasteiger partial charge is 0.206 e. The topological polar surface area (TPSA) is 0 Å². The van der Waals surface area contributed by atoms with Crippen LogP contribution in [0, 0.1) is 11.7 Å². The van der Waals surface area contributed by atoms with E-state index in [0.29, 0.717) is 11.5 Å². The van der Waals surface area contributed by atoms with Gasteiger partial charge in [0.05, 0.1) is 0 Å². The van der Waals surface area contributed by atoms with Crippen LogP contribution in [0.2, 0.25) is 0 Å². The SMILES string of the molecule is C=C(C(CCC)CCCc1ccccc1)C(C)c1ccc(-c2ccccc2)c(F)c1. The Kier molecular flexibility index (Phi) is 8.02. The highest BCUT2D eigenvalue weighted by molar-refractivity contribution is 5.64. The number of aryl methyl sites for hydroxylation is 1. The summed E-state index contributed by atoms with van der Waals surface area (Å²) in [5.41, 5.74) is 5.21. The number of hydrogen-bond acceptors (Lipinski definition) is 0. The number of allylic oxidation sites excluding steroid dienone is 1. The summed E-state index contributed by atoms with van der Waals surface area (Å²) in [6.07, 6.45) is 5.67. The van der Waals surface area contributed by atoms with Crippen LogP contribution in [0.1, 0.15) is 56.6 Å². The van der Waals surface area contributed by atoms with E-state index in [2.05, 4.69) is 56.8 Å². The predicted molar refractivity (Wildman–Crippen MR) is 127 cm³/mol. The highest BCUT2D eigenvalue weighted by Crippen LogP contribution is 2.35. The second kappa shape index (κ2) is 10.9. The smallest absolute Gasteiger partial charge is 0.131 e. The molecule has 0 saturated heterocycles. The van der Waals surface area contributed by atoms with Gasteiger partial charge in [0, 0.05) is 11.5 Å². The summed E-state index contributed by atoms with van der Waals surface area (Å²) in [5, 5.41) is 0. The third-order valence-electron chi connectivity index (χ3n) is 6.16. The summed E-state index contributed by atoms with van der Waals surface area (Å²) < 4.78 is 14.9. The van der Waals surface area contributed by atoms with Crippen molar-refractivity contribution in [3.8, 4) is 11.1 Å². The lowest BCUT2D eigenvalue weighted by Crippen LogP contribution is -2.10. The maximum absolute atomic E-state index is 14.9. The fraction of sp³-hybridized carbons (Fsp3) is 0.310. The molecule has 3 rings (SSSR count). The van der Waals surface area contributed by atoms with Gasteiger partial charge in [-0.3, -0.25) is 0 Å². The van der Waals surface area contributed by atoms with Crippen molar-refractivity contribution in [2.24, 2.45) is 5.92 Å². The van der Waals surface area contributed by atoms with Crippen LogP contribution < -0.4 is 0 Å². The normalized spacial score (nSPS) is 13.0. The molecular formula is C29H33F. The lowest BCUT2D eigenvalue weighted by Gasteiger charge is -2.25. The van der Waals surface area contributed by atoms with Gasteiger partial charge in [0.2, 0.25) is 0 Å². The molecule has 3 aromatic rings. The van der Waals surface area contributed by atoms with Crippen molar-refractivity contribution in [3.63, 3.8) is 0 Å². The highest BCUT2D eigenvalue weighted by Gasteiger charge is 2.20. The van der Waals surface area contributed by atoms with E-state index in [0.717, 1.165) is 43.2 Å². The fourth-order valence-corrected chi connectivity index (χ4v) is 4.28. The molecule has 0 aliphatic carbocycles. The Bertz CT molecular complexity index is 927. The Morgan fingerprint density at radius 1 is 0.900 bits per heavy atom. The van der Waals surface area contributed by atoms with E-state index >= 15 is 0 Å². The van der Waals surface area contributed by atoms with Crippen LogP contribution in [0.5, 0.6) is 0 Å².